The molecule has 3 heterocycles. The number of para-hydroxylation sites is 2. The number of non-ortho nitro benzene ring substituents is 1. The first-order valence-corrected chi connectivity index (χ1v) is 9.84. The Balaban J connectivity index is 1.38. The van der Waals surface area contributed by atoms with Crippen LogP contribution in [-0.2, 0) is 6.54 Å². The van der Waals surface area contributed by atoms with Gasteiger partial charge in [0.1, 0.15) is 5.52 Å². The lowest BCUT2D eigenvalue weighted by atomic mass is 10.0. The molecule has 0 saturated carbocycles. The van der Waals surface area contributed by atoms with E-state index in [9.17, 15) is 10.1 Å². The fourth-order valence-electron chi connectivity index (χ4n) is 3.86. The SMILES string of the molecule is O=[N+]([O-])c1cccc(-c2noc(CN3CCCCC3c3nc4ccccc4o3)n2)c1. The average Bonchev–Trinajstić information content (AvgIpc) is 3.41. The molecule has 0 bridgehead atoms. The number of rotatable bonds is 5. The minimum absolute atomic E-state index is 0.00842. The van der Waals surface area contributed by atoms with Gasteiger partial charge in [-0.1, -0.05) is 35.8 Å². The van der Waals surface area contributed by atoms with Gasteiger partial charge in [-0.25, -0.2) is 4.98 Å². The van der Waals surface area contributed by atoms with E-state index in [0.717, 1.165) is 36.9 Å². The number of fused-ring (bicyclic) bond motifs is 1. The van der Waals surface area contributed by atoms with E-state index in [1.807, 2.05) is 24.3 Å². The molecule has 4 aromatic rings. The van der Waals surface area contributed by atoms with Crippen LogP contribution >= 0.6 is 0 Å². The van der Waals surface area contributed by atoms with Crippen molar-refractivity contribution in [3.05, 3.63) is 70.4 Å². The van der Waals surface area contributed by atoms with Crippen LogP contribution in [0, 0.1) is 10.1 Å². The van der Waals surface area contributed by atoms with E-state index in [1.54, 1.807) is 12.1 Å². The van der Waals surface area contributed by atoms with Crippen LogP contribution in [0.2, 0.25) is 0 Å². The van der Waals surface area contributed by atoms with Crippen molar-refractivity contribution in [3.8, 4) is 11.4 Å². The molecule has 1 fully saturated rings. The quantitative estimate of drug-likeness (QED) is 0.352. The summed E-state index contributed by atoms with van der Waals surface area (Å²) in [5, 5.41) is 15.0. The number of hydrogen-bond acceptors (Lipinski definition) is 8. The van der Waals surface area contributed by atoms with Gasteiger partial charge in [0.05, 0.1) is 17.5 Å². The number of aromatic nitrogens is 3. The Labute approximate surface area is 171 Å². The fourth-order valence-corrected chi connectivity index (χ4v) is 3.86. The molecule has 5 rings (SSSR count). The van der Waals surface area contributed by atoms with E-state index in [-0.39, 0.29) is 11.7 Å². The van der Waals surface area contributed by atoms with Crippen LogP contribution < -0.4 is 0 Å². The van der Waals surface area contributed by atoms with Crippen molar-refractivity contribution in [1.82, 2.24) is 20.0 Å². The first-order chi connectivity index (χ1) is 14.7. The summed E-state index contributed by atoms with van der Waals surface area (Å²) in [6.45, 7) is 1.34. The lowest BCUT2D eigenvalue weighted by Gasteiger charge is -2.32. The number of nitrogens with zero attached hydrogens (tertiary/aromatic N) is 5. The van der Waals surface area contributed by atoms with Crippen LogP contribution in [-0.4, -0.2) is 31.5 Å². The highest BCUT2D eigenvalue weighted by molar-refractivity contribution is 5.72. The van der Waals surface area contributed by atoms with Gasteiger partial charge in [-0.2, -0.15) is 4.98 Å². The second-order valence-corrected chi connectivity index (χ2v) is 7.32. The summed E-state index contributed by atoms with van der Waals surface area (Å²) in [6.07, 6.45) is 3.12. The Hall–Kier alpha value is -3.59. The zero-order valence-electron chi connectivity index (χ0n) is 16.1. The van der Waals surface area contributed by atoms with E-state index in [4.69, 9.17) is 8.94 Å². The van der Waals surface area contributed by atoms with Gasteiger partial charge in [0.25, 0.3) is 5.69 Å². The maximum absolute atomic E-state index is 11.0. The number of oxazole rings is 1. The lowest BCUT2D eigenvalue weighted by molar-refractivity contribution is -0.384. The van der Waals surface area contributed by atoms with E-state index in [2.05, 4.69) is 20.0 Å². The summed E-state index contributed by atoms with van der Waals surface area (Å²) < 4.78 is 11.4. The molecule has 0 N–H and O–H groups in total. The van der Waals surface area contributed by atoms with Gasteiger partial charge in [-0.05, 0) is 31.5 Å². The van der Waals surface area contributed by atoms with Gasteiger partial charge in [0.2, 0.25) is 17.6 Å². The Morgan fingerprint density at radius 2 is 2.03 bits per heavy atom. The van der Waals surface area contributed by atoms with E-state index < -0.39 is 4.92 Å². The third-order valence-electron chi connectivity index (χ3n) is 5.33. The Morgan fingerprint density at radius 3 is 2.90 bits per heavy atom. The molecule has 30 heavy (non-hydrogen) atoms. The van der Waals surface area contributed by atoms with Gasteiger partial charge in [-0.15, -0.1) is 0 Å². The van der Waals surface area contributed by atoms with Gasteiger partial charge in [0.15, 0.2) is 5.58 Å². The van der Waals surface area contributed by atoms with Gasteiger partial charge in [-0.3, -0.25) is 15.0 Å². The summed E-state index contributed by atoms with van der Waals surface area (Å²) in [7, 11) is 0. The summed E-state index contributed by atoms with van der Waals surface area (Å²) in [4.78, 5) is 21.9. The molecule has 0 spiro atoms. The minimum atomic E-state index is -0.441. The molecule has 152 valence electrons. The molecule has 0 radical (unpaired) electrons. The van der Waals surface area contributed by atoms with Crippen molar-refractivity contribution in [2.75, 3.05) is 6.54 Å². The van der Waals surface area contributed by atoms with E-state index >= 15 is 0 Å². The molecule has 9 heteroatoms. The zero-order valence-corrected chi connectivity index (χ0v) is 16.1. The van der Waals surface area contributed by atoms with Crippen molar-refractivity contribution in [2.24, 2.45) is 0 Å². The fraction of sp³-hybridized carbons (Fsp3) is 0.286. The molecule has 1 saturated heterocycles. The lowest BCUT2D eigenvalue weighted by Crippen LogP contribution is -2.33. The maximum Gasteiger partial charge on any atom is 0.270 e. The highest BCUT2D eigenvalue weighted by atomic mass is 16.6. The molecule has 1 unspecified atom stereocenters. The van der Waals surface area contributed by atoms with Crippen LogP contribution in [0.1, 0.15) is 37.1 Å². The molecule has 0 amide bonds. The number of nitro groups is 1. The number of nitro benzene ring substituents is 1. The molecule has 2 aromatic heterocycles. The van der Waals surface area contributed by atoms with Crippen LogP contribution in [0.5, 0.6) is 0 Å². The van der Waals surface area contributed by atoms with Crippen molar-refractivity contribution in [1.29, 1.82) is 0 Å². The summed E-state index contributed by atoms with van der Waals surface area (Å²) >= 11 is 0. The maximum atomic E-state index is 11.0. The molecule has 1 aliphatic heterocycles. The number of hydrogen-bond donors (Lipinski definition) is 0. The standard InChI is InChI=1S/C21H19N5O4/c27-26(28)15-7-5-6-14(12-15)20-23-19(30-24-20)13-25-11-4-3-9-17(25)21-22-16-8-1-2-10-18(16)29-21/h1-2,5-8,10,12,17H,3-4,9,11,13H2. The Morgan fingerprint density at radius 1 is 1.13 bits per heavy atom. The molecule has 9 nitrogen and oxygen atoms in total. The van der Waals surface area contributed by atoms with Crippen molar-refractivity contribution < 1.29 is 13.9 Å². The third kappa shape index (κ3) is 3.55. The predicted octanol–water partition coefficient (Wildman–Crippen LogP) is 4.51. The highest BCUT2D eigenvalue weighted by Gasteiger charge is 2.29. The number of benzene rings is 2. The Bertz CT molecular complexity index is 1170. The van der Waals surface area contributed by atoms with E-state index in [1.165, 1.54) is 12.1 Å². The summed E-state index contributed by atoms with van der Waals surface area (Å²) in [6, 6.07) is 14.0. The molecule has 2 aromatic carbocycles. The number of likely N-dealkylation sites (tertiary alicyclic amines) is 1. The summed E-state index contributed by atoms with van der Waals surface area (Å²) in [5.41, 5.74) is 2.17. The highest BCUT2D eigenvalue weighted by Crippen LogP contribution is 2.33. The zero-order chi connectivity index (χ0) is 20.5. The molecule has 1 atom stereocenters. The van der Waals surface area contributed by atoms with Crippen molar-refractivity contribution in [3.63, 3.8) is 0 Å². The van der Waals surface area contributed by atoms with Gasteiger partial charge in [0, 0.05) is 17.7 Å². The normalized spacial score (nSPS) is 17.4. The summed E-state index contributed by atoms with van der Waals surface area (Å²) in [5.74, 6) is 1.50. The van der Waals surface area contributed by atoms with Gasteiger partial charge >= 0.3 is 0 Å². The first kappa shape index (κ1) is 18.4. The average molecular weight is 405 g/mol. The predicted molar refractivity (Wildman–Crippen MR) is 107 cm³/mol. The largest absolute Gasteiger partial charge is 0.439 e. The van der Waals surface area contributed by atoms with Gasteiger partial charge < -0.3 is 8.94 Å². The second kappa shape index (κ2) is 7.68. The van der Waals surface area contributed by atoms with Crippen LogP contribution in [0.3, 0.4) is 0 Å². The van der Waals surface area contributed by atoms with Crippen LogP contribution in [0.25, 0.3) is 22.5 Å². The first-order valence-electron chi connectivity index (χ1n) is 9.84. The molecular weight excluding hydrogens is 386 g/mol. The number of piperidine rings is 1. The van der Waals surface area contributed by atoms with Crippen LogP contribution in [0.15, 0.2) is 57.5 Å². The van der Waals surface area contributed by atoms with Crippen molar-refractivity contribution >= 4 is 16.8 Å². The Kier molecular flexibility index (Phi) is 4.72. The minimum Gasteiger partial charge on any atom is -0.439 e. The molecule has 1 aliphatic rings. The van der Waals surface area contributed by atoms with Crippen molar-refractivity contribution in [2.45, 2.75) is 31.8 Å². The molecular formula is C21H19N5O4. The second-order valence-electron chi connectivity index (χ2n) is 7.32. The van der Waals surface area contributed by atoms with Crippen LogP contribution in [0.4, 0.5) is 5.69 Å². The monoisotopic (exact) mass is 405 g/mol. The third-order valence-corrected chi connectivity index (χ3v) is 5.33. The van der Waals surface area contributed by atoms with E-state index in [0.29, 0.717) is 29.7 Å². The smallest absolute Gasteiger partial charge is 0.270 e. The topological polar surface area (TPSA) is 111 Å². The molecule has 0 aliphatic carbocycles.